The number of aromatic nitrogens is 2. The Balaban J connectivity index is 0.000000630. The summed E-state index contributed by atoms with van der Waals surface area (Å²) < 4.78 is 2.19. The van der Waals surface area contributed by atoms with Gasteiger partial charge in [0.1, 0.15) is 0 Å². The molecule has 0 spiro atoms. The van der Waals surface area contributed by atoms with Gasteiger partial charge in [-0.2, -0.15) is 23.6 Å². The summed E-state index contributed by atoms with van der Waals surface area (Å²) >= 11 is 9.19. The SMILES string of the molecule is Brc1c[c-]c2c(c1)Cc1ccncc1-2.Brc1c[c-]c2c(c1)Cc1ccncc1-2.Cl.Cl.Cl.Cl.[C-]1=CC=CC1.[S]=[Zr+2].[S]=[Zr+2].c1ccc2[cH-]ccc2c1. The molecule has 254 valence electrons. The third-order valence-electron chi connectivity index (χ3n) is 7.23. The third kappa shape index (κ3) is 14.0. The summed E-state index contributed by atoms with van der Waals surface area (Å²) in [5, 5.41) is 2.66. The van der Waals surface area contributed by atoms with Gasteiger partial charge < -0.3 is 0 Å². The largest absolute Gasteiger partial charge is 0.168 e. The molecule has 0 unspecified atom stereocenters. The van der Waals surface area contributed by atoms with E-state index < -0.39 is 0 Å². The number of fused-ring (bicyclic) bond motifs is 7. The number of pyridine rings is 2. The van der Waals surface area contributed by atoms with Gasteiger partial charge in [-0.15, -0.1) is 176 Å². The minimum absolute atomic E-state index is 0. The molecule has 0 aliphatic heterocycles. The molecule has 2 heterocycles. The second kappa shape index (κ2) is 27.0. The Morgan fingerprint density at radius 3 is 1.64 bits per heavy atom. The molecule has 0 bridgehead atoms. The molecular weight excluding hydrogens is 1030 g/mol. The topological polar surface area (TPSA) is 25.8 Å². The monoisotopic (exact) mass is 1060 g/mol. The van der Waals surface area contributed by atoms with Crippen molar-refractivity contribution < 1.29 is 45.4 Å². The van der Waals surface area contributed by atoms with Gasteiger partial charge in [0.25, 0.3) is 0 Å². The number of allylic oxidation sites excluding steroid dienone is 4. The predicted molar refractivity (Wildman–Crippen MR) is 223 cm³/mol. The fraction of sp³-hybridized carbons (Fsp3) is 0.0789. The van der Waals surface area contributed by atoms with Crippen molar-refractivity contribution in [3.05, 3.63) is 171 Å². The van der Waals surface area contributed by atoms with Gasteiger partial charge in [-0.1, -0.05) is 37.3 Å². The molecule has 0 saturated carbocycles. The molecule has 0 radical (unpaired) electrons. The minimum atomic E-state index is 0. The van der Waals surface area contributed by atoms with Crippen LogP contribution >= 0.6 is 99.2 Å². The fourth-order valence-corrected chi connectivity index (χ4v) is 6.02. The summed E-state index contributed by atoms with van der Waals surface area (Å²) in [6.45, 7) is 0. The van der Waals surface area contributed by atoms with E-state index in [0.717, 1.165) is 73.6 Å². The number of halogens is 6. The van der Waals surface area contributed by atoms with Crippen molar-refractivity contribution in [2.24, 2.45) is 0 Å². The smallest absolute Gasteiger partial charge is 0.0809 e. The Morgan fingerprint density at radius 2 is 1.20 bits per heavy atom. The number of benzene rings is 3. The van der Waals surface area contributed by atoms with Gasteiger partial charge >= 0.3 is 63.1 Å². The van der Waals surface area contributed by atoms with E-state index in [0.29, 0.717) is 0 Å². The van der Waals surface area contributed by atoms with Crippen LogP contribution < -0.4 is 0 Å². The van der Waals surface area contributed by atoms with Crippen LogP contribution in [-0.4, -0.2) is 9.97 Å². The Morgan fingerprint density at radius 1 is 0.680 bits per heavy atom. The van der Waals surface area contributed by atoms with Crippen molar-refractivity contribution in [3.8, 4) is 22.3 Å². The molecule has 50 heavy (non-hydrogen) atoms. The standard InChI is InChI=1S/2C12H7BrN.C9H7.C5H5.4ClH.2S.2Zr/c2*13-10-1-2-11-9(6-10)5-8-3-4-14-7-12(8)11;1-2-5-9-7-3-6-8(9)4-1;1-2-4-5-3-1;;;;;;;;/h2*1,3-4,6-7H,5H2;1-7H;1-3H,4H2;4*1H;;;;/q4*-1;;;;;;;2*+2. The maximum atomic E-state index is 4.17. The van der Waals surface area contributed by atoms with Gasteiger partial charge in [-0.25, -0.2) is 12.2 Å². The Hall–Kier alpha value is -0.624. The van der Waals surface area contributed by atoms with Crippen molar-refractivity contribution in [1.82, 2.24) is 9.97 Å². The summed E-state index contributed by atoms with van der Waals surface area (Å²) in [4.78, 5) is 8.29. The zero-order valence-electron chi connectivity index (χ0n) is 26.3. The Labute approximate surface area is 373 Å². The van der Waals surface area contributed by atoms with Crippen LogP contribution in [0.4, 0.5) is 0 Å². The number of rotatable bonds is 0. The molecule has 3 aliphatic carbocycles. The molecule has 2 aromatic heterocycles. The van der Waals surface area contributed by atoms with Gasteiger partial charge in [-0.05, 0) is 37.4 Å². The van der Waals surface area contributed by atoms with E-state index in [4.69, 9.17) is 0 Å². The van der Waals surface area contributed by atoms with Crippen LogP contribution in [0, 0.1) is 18.2 Å². The molecule has 0 amide bonds. The molecule has 0 atom stereocenters. The molecule has 9 rings (SSSR count). The zero-order chi connectivity index (χ0) is 32.7. The number of nitrogens with zero attached hydrogens (tertiary/aromatic N) is 2. The molecule has 0 saturated heterocycles. The van der Waals surface area contributed by atoms with Crippen molar-refractivity contribution in [2.45, 2.75) is 19.3 Å². The van der Waals surface area contributed by atoms with Crippen LogP contribution in [0.15, 0.2) is 131 Å². The molecule has 4 aromatic carbocycles. The van der Waals surface area contributed by atoms with E-state index >= 15 is 0 Å². The van der Waals surface area contributed by atoms with Gasteiger partial charge in [0.05, 0.1) is 0 Å². The fourth-order valence-electron chi connectivity index (χ4n) is 5.23. The normalized spacial score (nSPS) is 10.8. The minimum Gasteiger partial charge on any atom is -0.168 e. The van der Waals surface area contributed by atoms with Crippen LogP contribution in [-0.2, 0) is 58.2 Å². The molecule has 6 aromatic rings. The molecular formula is C38H30Br2Cl4N2S2Zr2. The molecule has 3 aliphatic rings. The van der Waals surface area contributed by atoms with Crippen LogP contribution in [0.1, 0.15) is 28.7 Å². The number of hydrogen-bond acceptors (Lipinski definition) is 4. The van der Waals surface area contributed by atoms with Gasteiger partial charge in [0.2, 0.25) is 0 Å². The first-order chi connectivity index (χ1) is 22.7. The van der Waals surface area contributed by atoms with Crippen molar-refractivity contribution in [3.63, 3.8) is 0 Å². The maximum absolute atomic E-state index is 4.17. The van der Waals surface area contributed by atoms with Crippen LogP contribution in [0.2, 0.25) is 0 Å². The van der Waals surface area contributed by atoms with E-state index in [1.807, 2.05) is 49.1 Å². The van der Waals surface area contributed by atoms with Crippen molar-refractivity contribution >= 4 is 110 Å². The van der Waals surface area contributed by atoms with E-state index in [9.17, 15) is 0 Å². The quantitative estimate of drug-likeness (QED) is 0.141. The molecule has 0 N–H and O–H groups in total. The molecule has 2 nitrogen and oxygen atoms in total. The van der Waals surface area contributed by atoms with E-state index in [1.165, 1.54) is 55.3 Å². The maximum Gasteiger partial charge on any atom is -0.0809 e. The molecule has 0 fully saturated rings. The zero-order valence-corrected chi connectivity index (χ0v) is 39.3. The first-order valence-corrected chi connectivity index (χ1v) is 22.6. The summed E-state index contributed by atoms with van der Waals surface area (Å²) in [7, 11) is 8.35. The van der Waals surface area contributed by atoms with Crippen molar-refractivity contribution in [1.29, 1.82) is 0 Å². The predicted octanol–water partition coefficient (Wildman–Crippen LogP) is 13.3. The van der Waals surface area contributed by atoms with Gasteiger partial charge in [-0.3, -0.25) is 16.0 Å². The third-order valence-corrected chi connectivity index (χ3v) is 8.15. The van der Waals surface area contributed by atoms with E-state index in [1.54, 1.807) is 0 Å². The first-order valence-electron chi connectivity index (χ1n) is 14.2. The van der Waals surface area contributed by atoms with Crippen LogP contribution in [0.25, 0.3) is 33.0 Å². The first kappa shape index (κ1) is 49.4. The average molecular weight is 1060 g/mol. The average Bonchev–Trinajstić information content (AvgIpc) is 3.93. The summed E-state index contributed by atoms with van der Waals surface area (Å²) in [6, 6.07) is 33.6. The Bertz CT molecular complexity index is 1840. The van der Waals surface area contributed by atoms with Crippen molar-refractivity contribution in [2.75, 3.05) is 0 Å². The van der Waals surface area contributed by atoms with Crippen LogP contribution in [0.5, 0.6) is 0 Å². The summed E-state index contributed by atoms with van der Waals surface area (Å²) in [5.74, 6) is 0. The van der Waals surface area contributed by atoms with Crippen LogP contribution in [0.3, 0.4) is 0 Å². The van der Waals surface area contributed by atoms with E-state index in [2.05, 4.69) is 151 Å². The van der Waals surface area contributed by atoms with Gasteiger partial charge in [0.15, 0.2) is 0 Å². The second-order valence-corrected chi connectivity index (χ2v) is 11.8. The van der Waals surface area contributed by atoms with E-state index in [-0.39, 0.29) is 49.6 Å². The molecule has 12 heteroatoms. The second-order valence-electron chi connectivity index (χ2n) is 10.0. The summed E-state index contributed by atoms with van der Waals surface area (Å²) in [6.07, 6.45) is 19.5. The number of hydrogen-bond donors (Lipinski definition) is 0. The summed E-state index contributed by atoms with van der Waals surface area (Å²) in [5.41, 5.74) is 10.2. The van der Waals surface area contributed by atoms with Gasteiger partial charge in [0, 0.05) is 12.4 Å². The Kier molecular flexibility index (Phi) is 26.7.